The fraction of sp³-hybridized carbons (Fsp3) is 0.222. The van der Waals surface area contributed by atoms with Crippen molar-refractivity contribution < 1.29 is 9.90 Å². The number of thioether (sulfide) groups is 1. The minimum absolute atomic E-state index is 0.143. The summed E-state index contributed by atoms with van der Waals surface area (Å²) in [6.45, 7) is 0. The number of benzene rings is 1. The van der Waals surface area contributed by atoms with Crippen molar-refractivity contribution in [1.29, 1.82) is 0 Å². The van der Waals surface area contributed by atoms with Gasteiger partial charge in [-0.05, 0) is 24.5 Å². The Morgan fingerprint density at radius 2 is 2.23 bits per heavy atom. The smallest absolute Gasteiger partial charge is 0.251 e. The molecule has 0 radical (unpaired) electrons. The maximum Gasteiger partial charge on any atom is 0.251 e. The minimum Gasteiger partial charge on any atom is -0.507 e. The van der Waals surface area contributed by atoms with Gasteiger partial charge in [0.25, 0.3) is 5.91 Å². The molecule has 0 unspecified atom stereocenters. The van der Waals surface area contributed by atoms with Gasteiger partial charge in [-0.15, -0.1) is 11.8 Å². The van der Waals surface area contributed by atoms with Gasteiger partial charge in [-0.25, -0.2) is 0 Å². The van der Waals surface area contributed by atoms with E-state index in [2.05, 4.69) is 5.32 Å². The second-order valence-electron chi connectivity index (χ2n) is 2.47. The second-order valence-corrected chi connectivity index (χ2v) is 3.31. The van der Waals surface area contributed by atoms with Gasteiger partial charge in [0.2, 0.25) is 0 Å². The zero-order valence-corrected chi connectivity index (χ0v) is 8.31. The van der Waals surface area contributed by atoms with Gasteiger partial charge >= 0.3 is 0 Å². The van der Waals surface area contributed by atoms with Crippen molar-refractivity contribution in [2.75, 3.05) is 13.3 Å². The lowest BCUT2D eigenvalue weighted by Crippen LogP contribution is -2.17. The highest BCUT2D eigenvalue weighted by molar-refractivity contribution is 7.98. The molecule has 1 rings (SSSR count). The van der Waals surface area contributed by atoms with Crippen molar-refractivity contribution in [3.05, 3.63) is 23.8 Å². The molecule has 1 amide bonds. The van der Waals surface area contributed by atoms with Crippen LogP contribution in [-0.4, -0.2) is 24.3 Å². The molecule has 0 saturated carbocycles. The molecule has 0 aliphatic rings. The van der Waals surface area contributed by atoms with E-state index in [9.17, 15) is 9.90 Å². The molecule has 0 aliphatic carbocycles. The third-order valence-corrected chi connectivity index (χ3v) is 2.44. The van der Waals surface area contributed by atoms with Crippen molar-refractivity contribution in [3.8, 4) is 5.75 Å². The lowest BCUT2D eigenvalue weighted by atomic mass is 10.2. The van der Waals surface area contributed by atoms with Crippen LogP contribution in [-0.2, 0) is 0 Å². The normalized spacial score (nSPS) is 9.69. The summed E-state index contributed by atoms with van der Waals surface area (Å²) in [7, 11) is 1.58. The number of phenolic OH excluding ortho intramolecular Hbond substituents is 1. The first-order valence-electron chi connectivity index (χ1n) is 3.78. The SMILES string of the molecule is CNC(=O)c1ccc(O)c(SC)c1. The summed E-state index contributed by atoms with van der Waals surface area (Å²) >= 11 is 1.41. The number of amides is 1. The first-order chi connectivity index (χ1) is 6.19. The number of aromatic hydroxyl groups is 1. The van der Waals surface area contributed by atoms with Crippen LogP contribution in [0.25, 0.3) is 0 Å². The van der Waals surface area contributed by atoms with E-state index in [0.29, 0.717) is 10.5 Å². The van der Waals surface area contributed by atoms with Gasteiger partial charge in [-0.2, -0.15) is 0 Å². The number of rotatable bonds is 2. The molecule has 0 atom stereocenters. The Labute approximate surface area is 81.2 Å². The van der Waals surface area contributed by atoms with Gasteiger partial charge in [0.1, 0.15) is 5.75 Å². The number of hydrogen-bond donors (Lipinski definition) is 2. The third kappa shape index (κ3) is 2.15. The molecule has 70 valence electrons. The van der Waals surface area contributed by atoms with E-state index in [1.165, 1.54) is 17.8 Å². The van der Waals surface area contributed by atoms with E-state index in [4.69, 9.17) is 0 Å². The van der Waals surface area contributed by atoms with Crippen LogP contribution in [0.1, 0.15) is 10.4 Å². The lowest BCUT2D eigenvalue weighted by Gasteiger charge is -2.03. The van der Waals surface area contributed by atoms with Crippen LogP contribution < -0.4 is 5.32 Å². The number of carbonyl (C=O) groups excluding carboxylic acids is 1. The molecule has 0 spiro atoms. The van der Waals surface area contributed by atoms with Crippen LogP contribution in [0.3, 0.4) is 0 Å². The summed E-state index contributed by atoms with van der Waals surface area (Å²) in [6.07, 6.45) is 1.85. The molecule has 1 aromatic carbocycles. The predicted octanol–water partition coefficient (Wildman–Crippen LogP) is 1.47. The van der Waals surface area contributed by atoms with E-state index in [1.807, 2.05) is 6.26 Å². The van der Waals surface area contributed by atoms with Gasteiger partial charge in [0.15, 0.2) is 0 Å². The summed E-state index contributed by atoms with van der Waals surface area (Å²) in [5.74, 6) is 0.0652. The molecule has 0 fully saturated rings. The zero-order chi connectivity index (χ0) is 9.84. The molecular formula is C9H11NO2S. The van der Waals surface area contributed by atoms with E-state index in [-0.39, 0.29) is 11.7 Å². The van der Waals surface area contributed by atoms with E-state index >= 15 is 0 Å². The van der Waals surface area contributed by atoms with Gasteiger partial charge in [-0.3, -0.25) is 4.79 Å². The summed E-state index contributed by atoms with van der Waals surface area (Å²) in [4.78, 5) is 11.9. The van der Waals surface area contributed by atoms with Crippen LogP contribution in [0.15, 0.2) is 23.1 Å². The maximum atomic E-state index is 11.2. The molecule has 0 aromatic heterocycles. The van der Waals surface area contributed by atoms with Crippen molar-refractivity contribution in [2.24, 2.45) is 0 Å². The van der Waals surface area contributed by atoms with Gasteiger partial charge < -0.3 is 10.4 Å². The monoisotopic (exact) mass is 197 g/mol. The Balaban J connectivity index is 3.06. The molecular weight excluding hydrogens is 186 g/mol. The van der Waals surface area contributed by atoms with Crippen LogP contribution in [0, 0.1) is 0 Å². The van der Waals surface area contributed by atoms with Crippen LogP contribution in [0.2, 0.25) is 0 Å². The molecule has 2 N–H and O–H groups in total. The van der Waals surface area contributed by atoms with Crippen LogP contribution >= 0.6 is 11.8 Å². The average Bonchev–Trinajstić information content (AvgIpc) is 2.17. The van der Waals surface area contributed by atoms with E-state index in [1.54, 1.807) is 19.2 Å². The van der Waals surface area contributed by atoms with E-state index in [0.717, 1.165) is 0 Å². The highest BCUT2D eigenvalue weighted by Crippen LogP contribution is 2.27. The Morgan fingerprint density at radius 3 is 2.77 bits per heavy atom. The number of phenols is 1. The number of hydrogen-bond acceptors (Lipinski definition) is 3. The zero-order valence-electron chi connectivity index (χ0n) is 7.50. The maximum absolute atomic E-state index is 11.2. The van der Waals surface area contributed by atoms with Crippen molar-refractivity contribution in [1.82, 2.24) is 5.32 Å². The molecule has 0 aliphatic heterocycles. The summed E-state index contributed by atoms with van der Waals surface area (Å²) in [6, 6.07) is 4.78. The Bertz CT molecular complexity index is 325. The first kappa shape index (κ1) is 9.92. The van der Waals surface area contributed by atoms with Gasteiger partial charge in [0.05, 0.1) is 0 Å². The summed E-state index contributed by atoms with van der Waals surface area (Å²) < 4.78 is 0. The fourth-order valence-corrected chi connectivity index (χ4v) is 1.49. The molecule has 0 bridgehead atoms. The standard InChI is InChI=1S/C9H11NO2S/c1-10-9(12)6-3-4-7(11)8(5-6)13-2/h3-5,11H,1-2H3,(H,10,12). The summed E-state index contributed by atoms with van der Waals surface area (Å²) in [5, 5.41) is 11.9. The largest absolute Gasteiger partial charge is 0.507 e. The van der Waals surface area contributed by atoms with Gasteiger partial charge in [-0.1, -0.05) is 0 Å². The Morgan fingerprint density at radius 1 is 1.54 bits per heavy atom. The quantitative estimate of drug-likeness (QED) is 0.706. The highest BCUT2D eigenvalue weighted by atomic mass is 32.2. The topological polar surface area (TPSA) is 49.3 Å². The van der Waals surface area contributed by atoms with E-state index < -0.39 is 0 Å². The predicted molar refractivity (Wildman–Crippen MR) is 53.3 cm³/mol. The number of nitrogens with one attached hydrogen (secondary N) is 1. The highest BCUT2D eigenvalue weighted by Gasteiger charge is 2.06. The lowest BCUT2D eigenvalue weighted by molar-refractivity contribution is 0.0963. The molecule has 1 aromatic rings. The minimum atomic E-state index is -0.143. The molecule has 0 heterocycles. The Hall–Kier alpha value is -1.16. The van der Waals surface area contributed by atoms with Gasteiger partial charge in [0, 0.05) is 17.5 Å². The summed E-state index contributed by atoms with van der Waals surface area (Å²) in [5.41, 5.74) is 0.560. The molecule has 13 heavy (non-hydrogen) atoms. The van der Waals surface area contributed by atoms with Crippen molar-refractivity contribution in [2.45, 2.75) is 4.90 Å². The van der Waals surface area contributed by atoms with Crippen LogP contribution in [0.5, 0.6) is 5.75 Å². The molecule has 4 heteroatoms. The third-order valence-electron chi connectivity index (χ3n) is 1.67. The second kappa shape index (κ2) is 4.18. The molecule has 3 nitrogen and oxygen atoms in total. The average molecular weight is 197 g/mol. The molecule has 0 saturated heterocycles. The van der Waals surface area contributed by atoms with Crippen molar-refractivity contribution in [3.63, 3.8) is 0 Å². The fourth-order valence-electron chi connectivity index (χ4n) is 0.963. The number of carbonyl (C=O) groups is 1. The first-order valence-corrected chi connectivity index (χ1v) is 5.00. The van der Waals surface area contributed by atoms with Crippen molar-refractivity contribution >= 4 is 17.7 Å². The Kier molecular flexibility index (Phi) is 3.19. The van der Waals surface area contributed by atoms with Crippen LogP contribution in [0.4, 0.5) is 0 Å².